The summed E-state index contributed by atoms with van der Waals surface area (Å²) in [5.41, 5.74) is 2.11. The summed E-state index contributed by atoms with van der Waals surface area (Å²) in [6.07, 6.45) is 2.40. The lowest BCUT2D eigenvalue weighted by molar-refractivity contribution is -0.121. The molecule has 0 bridgehead atoms. The summed E-state index contributed by atoms with van der Waals surface area (Å²) in [7, 11) is 0. The van der Waals surface area contributed by atoms with Gasteiger partial charge in [-0.15, -0.1) is 0 Å². The van der Waals surface area contributed by atoms with Crippen LogP contribution in [0.3, 0.4) is 0 Å². The van der Waals surface area contributed by atoms with Crippen molar-refractivity contribution < 1.29 is 14.0 Å². The molecule has 2 N–H and O–H groups in total. The number of carbonyl (C=O) groups excluding carboxylic acids is 2. The molecule has 132 valence electrons. The van der Waals surface area contributed by atoms with Gasteiger partial charge in [0.2, 0.25) is 5.91 Å². The second-order valence-electron chi connectivity index (χ2n) is 6.50. The van der Waals surface area contributed by atoms with Crippen LogP contribution in [-0.2, 0) is 17.8 Å². The van der Waals surface area contributed by atoms with Crippen LogP contribution in [0.1, 0.15) is 25.2 Å². The van der Waals surface area contributed by atoms with Crippen molar-refractivity contribution >= 4 is 17.6 Å². The molecule has 0 radical (unpaired) electrons. The van der Waals surface area contributed by atoms with Gasteiger partial charge < -0.3 is 20.0 Å². The van der Waals surface area contributed by atoms with E-state index in [1.54, 1.807) is 23.3 Å². The molecule has 1 aliphatic heterocycles. The number of furan rings is 1. The van der Waals surface area contributed by atoms with Crippen LogP contribution < -0.4 is 15.5 Å². The van der Waals surface area contributed by atoms with Gasteiger partial charge in [-0.3, -0.25) is 4.79 Å². The van der Waals surface area contributed by atoms with Crippen molar-refractivity contribution in [2.75, 3.05) is 11.4 Å². The van der Waals surface area contributed by atoms with Gasteiger partial charge in [0.1, 0.15) is 11.8 Å². The zero-order valence-corrected chi connectivity index (χ0v) is 14.5. The number of para-hydroxylation sites is 1. The molecule has 0 spiro atoms. The van der Waals surface area contributed by atoms with Crippen LogP contribution in [0, 0.1) is 5.92 Å². The highest BCUT2D eigenvalue weighted by atomic mass is 16.3. The van der Waals surface area contributed by atoms with Gasteiger partial charge in [-0.1, -0.05) is 32.0 Å². The average Bonchev–Trinajstić information content (AvgIpc) is 3.26. The van der Waals surface area contributed by atoms with E-state index in [4.69, 9.17) is 4.42 Å². The fourth-order valence-electron chi connectivity index (χ4n) is 3.02. The molecule has 0 unspecified atom stereocenters. The largest absolute Gasteiger partial charge is 0.467 e. The summed E-state index contributed by atoms with van der Waals surface area (Å²) in [6.45, 7) is 4.79. The van der Waals surface area contributed by atoms with Gasteiger partial charge in [0.25, 0.3) is 0 Å². The minimum Gasteiger partial charge on any atom is -0.467 e. The van der Waals surface area contributed by atoms with E-state index in [0.717, 1.165) is 12.1 Å². The first kappa shape index (κ1) is 17.1. The lowest BCUT2D eigenvalue weighted by Crippen LogP contribution is -2.53. The van der Waals surface area contributed by atoms with Gasteiger partial charge in [-0.05, 0) is 36.1 Å². The van der Waals surface area contributed by atoms with Crippen LogP contribution >= 0.6 is 0 Å². The molecule has 0 fully saturated rings. The molecule has 2 aromatic rings. The van der Waals surface area contributed by atoms with E-state index in [2.05, 4.69) is 10.6 Å². The Morgan fingerprint density at radius 2 is 2.00 bits per heavy atom. The Kier molecular flexibility index (Phi) is 5.07. The number of amides is 3. The first-order valence-corrected chi connectivity index (χ1v) is 8.52. The van der Waals surface area contributed by atoms with Gasteiger partial charge in [-0.25, -0.2) is 4.79 Å². The SMILES string of the molecule is CC(C)[C@@H](NC(=O)NCc1ccco1)C(=O)N1CCc2ccccc21. The van der Waals surface area contributed by atoms with Crippen molar-refractivity contribution in [3.05, 3.63) is 54.0 Å². The molecule has 1 aromatic heterocycles. The Bertz CT molecular complexity index is 740. The summed E-state index contributed by atoms with van der Waals surface area (Å²) in [6, 6.07) is 10.5. The molecule has 0 saturated heterocycles. The standard InChI is InChI=1S/C19H23N3O3/c1-13(2)17(21-19(24)20-12-15-7-5-11-25-15)18(23)22-10-9-14-6-3-4-8-16(14)22/h3-8,11,13,17H,9-10,12H2,1-2H3,(H2,20,21,24)/t17-/m1/s1. The van der Waals surface area contributed by atoms with Crippen molar-refractivity contribution in [1.82, 2.24) is 10.6 Å². The van der Waals surface area contributed by atoms with Crippen molar-refractivity contribution in [3.63, 3.8) is 0 Å². The number of urea groups is 1. The van der Waals surface area contributed by atoms with Gasteiger partial charge in [0.15, 0.2) is 0 Å². The van der Waals surface area contributed by atoms with Crippen molar-refractivity contribution in [3.8, 4) is 0 Å². The van der Waals surface area contributed by atoms with E-state index in [-0.39, 0.29) is 24.4 Å². The monoisotopic (exact) mass is 341 g/mol. The molecule has 1 aromatic carbocycles. The molecule has 3 amide bonds. The molecule has 1 atom stereocenters. The summed E-state index contributed by atoms with van der Waals surface area (Å²) < 4.78 is 5.19. The lowest BCUT2D eigenvalue weighted by Gasteiger charge is -2.27. The summed E-state index contributed by atoms with van der Waals surface area (Å²) >= 11 is 0. The van der Waals surface area contributed by atoms with Crippen molar-refractivity contribution in [2.24, 2.45) is 5.92 Å². The second-order valence-corrected chi connectivity index (χ2v) is 6.50. The number of hydrogen-bond acceptors (Lipinski definition) is 3. The molecule has 2 heterocycles. The fourth-order valence-corrected chi connectivity index (χ4v) is 3.02. The molecule has 25 heavy (non-hydrogen) atoms. The maximum absolute atomic E-state index is 13.0. The zero-order chi connectivity index (χ0) is 17.8. The van der Waals surface area contributed by atoms with E-state index >= 15 is 0 Å². The highest BCUT2D eigenvalue weighted by Gasteiger charge is 2.32. The normalized spacial score (nSPS) is 14.3. The van der Waals surface area contributed by atoms with E-state index in [1.807, 2.05) is 38.1 Å². The number of nitrogens with one attached hydrogen (secondary N) is 2. The van der Waals surface area contributed by atoms with Gasteiger partial charge >= 0.3 is 6.03 Å². The second kappa shape index (κ2) is 7.42. The number of nitrogens with zero attached hydrogens (tertiary/aromatic N) is 1. The van der Waals surface area contributed by atoms with Crippen LogP contribution in [-0.4, -0.2) is 24.5 Å². The molecule has 0 saturated carbocycles. The smallest absolute Gasteiger partial charge is 0.315 e. The third-order valence-corrected chi connectivity index (χ3v) is 4.38. The third kappa shape index (κ3) is 3.84. The van der Waals surface area contributed by atoms with E-state index in [1.165, 1.54) is 5.56 Å². The van der Waals surface area contributed by atoms with E-state index in [9.17, 15) is 9.59 Å². The molecule has 6 nitrogen and oxygen atoms in total. The van der Waals surface area contributed by atoms with Gasteiger partial charge in [-0.2, -0.15) is 0 Å². The number of rotatable bonds is 5. The minimum absolute atomic E-state index is 0.0189. The van der Waals surface area contributed by atoms with E-state index in [0.29, 0.717) is 12.3 Å². The maximum Gasteiger partial charge on any atom is 0.315 e. The topological polar surface area (TPSA) is 74.6 Å². The molecular formula is C19H23N3O3. The number of fused-ring (bicyclic) bond motifs is 1. The molecule has 3 rings (SSSR count). The quantitative estimate of drug-likeness (QED) is 0.878. The third-order valence-electron chi connectivity index (χ3n) is 4.38. The summed E-state index contributed by atoms with van der Waals surface area (Å²) in [5.74, 6) is 0.568. The molecule has 0 aliphatic carbocycles. The Hall–Kier alpha value is -2.76. The zero-order valence-electron chi connectivity index (χ0n) is 14.5. The fraction of sp³-hybridized carbons (Fsp3) is 0.368. The van der Waals surface area contributed by atoms with E-state index < -0.39 is 6.04 Å². The van der Waals surface area contributed by atoms with Crippen molar-refractivity contribution in [1.29, 1.82) is 0 Å². The predicted molar refractivity (Wildman–Crippen MR) is 95.2 cm³/mol. The molecule has 1 aliphatic rings. The highest BCUT2D eigenvalue weighted by Crippen LogP contribution is 2.28. The maximum atomic E-state index is 13.0. The first-order chi connectivity index (χ1) is 12.1. The van der Waals surface area contributed by atoms with Crippen LogP contribution in [0.4, 0.5) is 10.5 Å². The Balaban J connectivity index is 1.64. The minimum atomic E-state index is -0.581. The van der Waals surface area contributed by atoms with Gasteiger partial charge in [0, 0.05) is 12.2 Å². The molecule has 6 heteroatoms. The Morgan fingerprint density at radius 3 is 2.72 bits per heavy atom. The average molecular weight is 341 g/mol. The van der Waals surface area contributed by atoms with Crippen LogP contribution in [0.5, 0.6) is 0 Å². The van der Waals surface area contributed by atoms with Crippen molar-refractivity contribution in [2.45, 2.75) is 32.9 Å². The summed E-state index contributed by atoms with van der Waals surface area (Å²) in [5, 5.41) is 5.52. The molecular weight excluding hydrogens is 318 g/mol. The van der Waals surface area contributed by atoms with Crippen LogP contribution in [0.25, 0.3) is 0 Å². The van der Waals surface area contributed by atoms with Crippen LogP contribution in [0.15, 0.2) is 47.1 Å². The number of hydrogen-bond donors (Lipinski definition) is 2. The highest BCUT2D eigenvalue weighted by molar-refractivity contribution is 6.00. The number of anilines is 1. The Morgan fingerprint density at radius 1 is 1.20 bits per heavy atom. The number of carbonyl (C=O) groups is 2. The lowest BCUT2D eigenvalue weighted by atomic mass is 10.0. The van der Waals surface area contributed by atoms with Gasteiger partial charge in [0.05, 0.1) is 12.8 Å². The summed E-state index contributed by atoms with van der Waals surface area (Å²) in [4.78, 5) is 26.9. The number of benzene rings is 1. The Labute approximate surface area is 147 Å². The first-order valence-electron chi connectivity index (χ1n) is 8.52. The predicted octanol–water partition coefficient (Wildman–Crippen LogP) is 2.69. The van der Waals surface area contributed by atoms with Crippen LogP contribution in [0.2, 0.25) is 0 Å².